The molecule has 0 aliphatic heterocycles. The summed E-state index contributed by atoms with van der Waals surface area (Å²) < 4.78 is 10.6. The van der Waals surface area contributed by atoms with Gasteiger partial charge in [0, 0.05) is 0 Å². The standard InChI is InChI=1S/C23H34O7/c1-6-22(4,18(25)26)16-23(5,15-21(2,3)19(27)29-13-12-24)20(28)30-14-17-10-8-7-9-11-17/h7-11,24H,6,12-16H2,1-5H3,(H,25,26). The number of aliphatic carboxylic acids is 1. The summed E-state index contributed by atoms with van der Waals surface area (Å²) >= 11 is 0. The molecule has 0 heterocycles. The Labute approximate surface area is 178 Å². The van der Waals surface area contributed by atoms with Gasteiger partial charge in [-0.3, -0.25) is 14.4 Å². The number of carboxylic acids is 1. The first kappa shape index (κ1) is 25.6. The molecule has 7 heteroatoms. The lowest BCUT2D eigenvalue weighted by molar-refractivity contribution is -0.168. The van der Waals surface area contributed by atoms with Gasteiger partial charge in [0.15, 0.2) is 0 Å². The van der Waals surface area contributed by atoms with Crippen LogP contribution < -0.4 is 0 Å². The van der Waals surface area contributed by atoms with E-state index in [9.17, 15) is 19.5 Å². The third-order valence-corrected chi connectivity index (χ3v) is 5.49. The summed E-state index contributed by atoms with van der Waals surface area (Å²) in [7, 11) is 0. The minimum atomic E-state index is -1.24. The fraction of sp³-hybridized carbons (Fsp3) is 0.609. The van der Waals surface area contributed by atoms with E-state index < -0.39 is 34.2 Å². The molecule has 0 aliphatic rings. The first-order valence-corrected chi connectivity index (χ1v) is 10.1. The van der Waals surface area contributed by atoms with Crippen molar-refractivity contribution < 1.29 is 34.1 Å². The number of aliphatic hydroxyl groups excluding tert-OH is 1. The maximum absolute atomic E-state index is 13.2. The molecule has 2 atom stereocenters. The van der Waals surface area contributed by atoms with Gasteiger partial charge in [0.1, 0.15) is 13.2 Å². The van der Waals surface area contributed by atoms with Crippen molar-refractivity contribution >= 4 is 17.9 Å². The van der Waals surface area contributed by atoms with Crippen LogP contribution in [0.5, 0.6) is 0 Å². The highest BCUT2D eigenvalue weighted by Gasteiger charge is 2.49. The smallest absolute Gasteiger partial charge is 0.312 e. The summed E-state index contributed by atoms with van der Waals surface area (Å²) in [6.07, 6.45) is 0.371. The molecule has 0 saturated carbocycles. The second-order valence-corrected chi connectivity index (χ2v) is 8.94. The zero-order chi connectivity index (χ0) is 23.0. The number of aliphatic hydroxyl groups is 1. The second-order valence-electron chi connectivity index (χ2n) is 8.94. The molecule has 0 radical (unpaired) electrons. The fourth-order valence-electron chi connectivity index (χ4n) is 3.70. The van der Waals surface area contributed by atoms with Gasteiger partial charge in [-0.25, -0.2) is 0 Å². The first-order chi connectivity index (χ1) is 13.9. The number of hydrogen-bond acceptors (Lipinski definition) is 6. The van der Waals surface area contributed by atoms with Crippen molar-refractivity contribution in [1.29, 1.82) is 0 Å². The molecule has 0 bridgehead atoms. The Morgan fingerprint density at radius 1 is 0.900 bits per heavy atom. The molecular weight excluding hydrogens is 388 g/mol. The topological polar surface area (TPSA) is 110 Å². The summed E-state index contributed by atoms with van der Waals surface area (Å²) in [5, 5.41) is 18.6. The van der Waals surface area contributed by atoms with Crippen molar-refractivity contribution in [3.05, 3.63) is 35.9 Å². The molecule has 7 nitrogen and oxygen atoms in total. The highest BCUT2D eigenvalue weighted by atomic mass is 16.5. The van der Waals surface area contributed by atoms with E-state index in [1.807, 2.05) is 30.3 Å². The van der Waals surface area contributed by atoms with Crippen molar-refractivity contribution in [2.75, 3.05) is 13.2 Å². The van der Waals surface area contributed by atoms with E-state index in [0.29, 0.717) is 6.42 Å². The third kappa shape index (κ3) is 6.83. The maximum atomic E-state index is 13.2. The van der Waals surface area contributed by atoms with E-state index in [4.69, 9.17) is 14.6 Å². The van der Waals surface area contributed by atoms with Crippen molar-refractivity contribution in [2.24, 2.45) is 16.2 Å². The lowest BCUT2D eigenvalue weighted by Crippen LogP contribution is -2.44. The van der Waals surface area contributed by atoms with Gasteiger partial charge in [0.25, 0.3) is 0 Å². The predicted molar refractivity (Wildman–Crippen MR) is 111 cm³/mol. The van der Waals surface area contributed by atoms with Gasteiger partial charge in [-0.1, -0.05) is 37.3 Å². The minimum absolute atomic E-state index is 0.0101. The zero-order valence-corrected chi connectivity index (χ0v) is 18.6. The van der Waals surface area contributed by atoms with Gasteiger partial charge in [-0.2, -0.15) is 0 Å². The molecule has 2 N–H and O–H groups in total. The SMILES string of the molecule is CCC(C)(CC(C)(CC(C)(C)C(=O)OCCO)C(=O)OCc1ccccc1)C(=O)O. The molecule has 2 unspecified atom stereocenters. The third-order valence-electron chi connectivity index (χ3n) is 5.49. The van der Waals surface area contributed by atoms with Crippen LogP contribution in [0, 0.1) is 16.2 Å². The largest absolute Gasteiger partial charge is 0.481 e. The van der Waals surface area contributed by atoms with E-state index in [0.717, 1.165) is 5.56 Å². The normalized spacial score (nSPS) is 15.5. The Bertz CT molecular complexity index is 728. The Hall–Kier alpha value is -2.41. The van der Waals surface area contributed by atoms with Gasteiger partial charge >= 0.3 is 17.9 Å². The van der Waals surface area contributed by atoms with Gasteiger partial charge in [-0.15, -0.1) is 0 Å². The number of carboxylic acid groups (broad SMARTS) is 1. The number of hydrogen-bond donors (Lipinski definition) is 2. The first-order valence-electron chi connectivity index (χ1n) is 10.1. The lowest BCUT2D eigenvalue weighted by atomic mass is 9.65. The molecule has 0 aliphatic carbocycles. The Balaban J connectivity index is 3.15. The van der Waals surface area contributed by atoms with E-state index in [-0.39, 0.29) is 32.7 Å². The fourth-order valence-corrected chi connectivity index (χ4v) is 3.70. The van der Waals surface area contributed by atoms with Gasteiger partial charge < -0.3 is 19.7 Å². The summed E-state index contributed by atoms with van der Waals surface area (Å²) in [5.41, 5.74) is -2.67. The molecule has 1 aromatic carbocycles. The second kappa shape index (κ2) is 10.6. The van der Waals surface area contributed by atoms with Crippen molar-refractivity contribution in [1.82, 2.24) is 0 Å². The average Bonchev–Trinajstić information content (AvgIpc) is 2.70. The average molecular weight is 423 g/mol. The number of esters is 2. The van der Waals surface area contributed by atoms with E-state index in [2.05, 4.69) is 0 Å². The highest BCUT2D eigenvalue weighted by molar-refractivity contribution is 5.82. The number of carbonyl (C=O) groups excluding carboxylic acids is 2. The molecule has 1 rings (SSSR count). The Kier molecular flexibility index (Phi) is 9.03. The number of ether oxygens (including phenoxy) is 2. The van der Waals surface area contributed by atoms with E-state index >= 15 is 0 Å². The molecule has 30 heavy (non-hydrogen) atoms. The number of benzene rings is 1. The molecular formula is C23H34O7. The minimum Gasteiger partial charge on any atom is -0.481 e. The van der Waals surface area contributed by atoms with Crippen LogP contribution in [0.3, 0.4) is 0 Å². The summed E-state index contributed by atoms with van der Waals surface area (Å²) in [6, 6.07) is 9.18. The van der Waals surface area contributed by atoms with Gasteiger partial charge in [0.2, 0.25) is 0 Å². The quantitative estimate of drug-likeness (QED) is 0.495. The monoisotopic (exact) mass is 422 g/mol. The molecule has 0 spiro atoms. The lowest BCUT2D eigenvalue weighted by Gasteiger charge is -2.39. The molecule has 0 fully saturated rings. The zero-order valence-electron chi connectivity index (χ0n) is 18.6. The molecule has 0 amide bonds. The highest BCUT2D eigenvalue weighted by Crippen LogP contribution is 2.45. The number of rotatable bonds is 12. The van der Waals surface area contributed by atoms with Crippen molar-refractivity contribution in [3.63, 3.8) is 0 Å². The van der Waals surface area contributed by atoms with E-state index in [1.54, 1.807) is 34.6 Å². The van der Waals surface area contributed by atoms with Gasteiger partial charge in [0.05, 0.1) is 22.9 Å². The van der Waals surface area contributed by atoms with Crippen LogP contribution in [0.4, 0.5) is 0 Å². The van der Waals surface area contributed by atoms with Crippen LogP contribution in [-0.4, -0.2) is 41.3 Å². The summed E-state index contributed by atoms with van der Waals surface area (Å²) in [4.78, 5) is 37.5. The van der Waals surface area contributed by atoms with Crippen molar-refractivity contribution in [2.45, 2.75) is 60.5 Å². The Morgan fingerprint density at radius 3 is 2.00 bits per heavy atom. The van der Waals surface area contributed by atoms with Crippen LogP contribution >= 0.6 is 0 Å². The van der Waals surface area contributed by atoms with E-state index in [1.165, 1.54) is 0 Å². The maximum Gasteiger partial charge on any atom is 0.312 e. The molecule has 0 saturated heterocycles. The van der Waals surface area contributed by atoms with Crippen LogP contribution in [-0.2, 0) is 30.5 Å². The predicted octanol–water partition coefficient (Wildman–Crippen LogP) is 3.58. The molecule has 1 aromatic rings. The summed E-state index contributed by atoms with van der Waals surface area (Å²) in [5.74, 6) is -2.13. The van der Waals surface area contributed by atoms with Crippen LogP contribution in [0.2, 0.25) is 0 Å². The molecule has 0 aromatic heterocycles. The van der Waals surface area contributed by atoms with Crippen molar-refractivity contribution in [3.8, 4) is 0 Å². The van der Waals surface area contributed by atoms with Crippen LogP contribution in [0.15, 0.2) is 30.3 Å². The van der Waals surface area contributed by atoms with Gasteiger partial charge in [-0.05, 0) is 52.5 Å². The Morgan fingerprint density at radius 2 is 1.50 bits per heavy atom. The summed E-state index contributed by atoms with van der Waals surface area (Å²) in [6.45, 7) is 7.88. The van der Waals surface area contributed by atoms with Crippen LogP contribution in [0.25, 0.3) is 0 Å². The van der Waals surface area contributed by atoms with Crippen LogP contribution in [0.1, 0.15) is 59.4 Å². The molecule has 168 valence electrons. The number of carbonyl (C=O) groups is 3.